The van der Waals surface area contributed by atoms with Gasteiger partial charge in [-0.2, -0.15) is 0 Å². The number of carbonyl (C=O) groups is 1. The number of H-pyrrole nitrogens is 1. The molecule has 0 radical (unpaired) electrons. The van der Waals surface area contributed by atoms with E-state index in [0.717, 1.165) is 27.4 Å². The second kappa shape index (κ2) is 6.43. The van der Waals surface area contributed by atoms with Crippen LogP contribution in [0, 0.1) is 0 Å². The summed E-state index contributed by atoms with van der Waals surface area (Å²) in [4.78, 5) is 22.1. The molecule has 4 aromatic rings. The first-order valence-corrected chi connectivity index (χ1v) is 9.11. The molecule has 2 aromatic heterocycles. The highest BCUT2D eigenvalue weighted by atomic mass is 16.5. The van der Waals surface area contributed by atoms with Crippen LogP contribution in [0.25, 0.3) is 21.8 Å². The number of rotatable bonds is 4. The van der Waals surface area contributed by atoms with Crippen LogP contribution in [0.2, 0.25) is 0 Å². The average molecular weight is 357 g/mol. The first kappa shape index (κ1) is 15.9. The average Bonchev–Trinajstić information content (AvgIpc) is 3.07. The van der Waals surface area contributed by atoms with Gasteiger partial charge in [0, 0.05) is 28.6 Å². The van der Waals surface area contributed by atoms with Gasteiger partial charge in [0.1, 0.15) is 6.10 Å². The Hall–Kier alpha value is -3.34. The Labute approximate surface area is 156 Å². The van der Waals surface area contributed by atoms with E-state index in [1.54, 1.807) is 0 Å². The number of aromatic nitrogens is 2. The molecule has 27 heavy (non-hydrogen) atoms. The van der Waals surface area contributed by atoms with Crippen LogP contribution in [0.3, 0.4) is 0 Å². The highest BCUT2D eigenvalue weighted by Gasteiger charge is 2.32. The van der Waals surface area contributed by atoms with E-state index in [1.165, 1.54) is 0 Å². The fourth-order valence-corrected chi connectivity index (χ4v) is 3.55. The van der Waals surface area contributed by atoms with Gasteiger partial charge in [0.05, 0.1) is 25.0 Å². The number of carbonyl (C=O) groups excluding carboxylic acids is 1. The number of para-hydroxylation sites is 2. The molecule has 1 saturated heterocycles. The van der Waals surface area contributed by atoms with Crippen molar-refractivity contribution in [1.82, 2.24) is 14.9 Å². The Morgan fingerprint density at radius 1 is 1.07 bits per heavy atom. The predicted molar refractivity (Wildman–Crippen MR) is 105 cm³/mol. The fraction of sp³-hybridized carbons (Fsp3) is 0.182. The SMILES string of the molecule is O=C(Cc1c[nH]c2ccccc12)N1CC(Oc2ccc3ccccc3n2)C1. The van der Waals surface area contributed by atoms with Gasteiger partial charge >= 0.3 is 0 Å². The van der Waals surface area contributed by atoms with Gasteiger partial charge in [-0.1, -0.05) is 36.4 Å². The Morgan fingerprint density at radius 2 is 1.89 bits per heavy atom. The predicted octanol–water partition coefficient (Wildman–Crippen LogP) is 3.55. The van der Waals surface area contributed by atoms with Crippen molar-refractivity contribution in [3.63, 3.8) is 0 Å². The molecule has 5 rings (SSSR count). The number of benzene rings is 2. The molecule has 1 amide bonds. The number of likely N-dealkylation sites (tertiary alicyclic amines) is 1. The molecular formula is C22H19N3O2. The lowest BCUT2D eigenvalue weighted by Crippen LogP contribution is -2.56. The summed E-state index contributed by atoms with van der Waals surface area (Å²) in [5.74, 6) is 0.744. The fourth-order valence-electron chi connectivity index (χ4n) is 3.55. The Kier molecular flexibility index (Phi) is 3.78. The molecule has 0 bridgehead atoms. The second-order valence-corrected chi connectivity index (χ2v) is 6.92. The number of nitrogens with one attached hydrogen (secondary N) is 1. The zero-order valence-electron chi connectivity index (χ0n) is 14.8. The van der Waals surface area contributed by atoms with Crippen LogP contribution < -0.4 is 4.74 Å². The minimum atomic E-state index is 0.00517. The van der Waals surface area contributed by atoms with Crippen LogP contribution in [0.4, 0.5) is 0 Å². The number of fused-ring (bicyclic) bond motifs is 2. The standard InChI is InChI=1S/C22H19N3O2/c26-22(11-16-12-23-20-8-4-2-6-18(16)20)25-13-17(14-25)27-21-10-9-15-5-1-3-7-19(15)24-21/h1-10,12,17,23H,11,13-14H2. The lowest BCUT2D eigenvalue weighted by Gasteiger charge is -2.38. The highest BCUT2D eigenvalue weighted by molar-refractivity contribution is 5.89. The lowest BCUT2D eigenvalue weighted by atomic mass is 10.1. The molecule has 1 fully saturated rings. The second-order valence-electron chi connectivity index (χ2n) is 6.92. The number of hydrogen-bond donors (Lipinski definition) is 1. The minimum Gasteiger partial charge on any atom is -0.471 e. The summed E-state index contributed by atoms with van der Waals surface area (Å²) in [7, 11) is 0. The summed E-state index contributed by atoms with van der Waals surface area (Å²) >= 11 is 0. The van der Waals surface area contributed by atoms with Crippen LogP contribution in [-0.2, 0) is 11.2 Å². The molecule has 5 heteroatoms. The van der Waals surface area contributed by atoms with E-state index in [-0.39, 0.29) is 12.0 Å². The van der Waals surface area contributed by atoms with E-state index in [1.807, 2.05) is 71.8 Å². The Bertz CT molecular complexity index is 1130. The van der Waals surface area contributed by atoms with Crippen LogP contribution in [0.15, 0.2) is 66.9 Å². The number of pyridine rings is 1. The van der Waals surface area contributed by atoms with Crippen LogP contribution in [0.5, 0.6) is 5.88 Å². The smallest absolute Gasteiger partial charge is 0.227 e. The summed E-state index contributed by atoms with van der Waals surface area (Å²) in [6, 6.07) is 19.9. The summed E-state index contributed by atoms with van der Waals surface area (Å²) < 4.78 is 5.93. The maximum atomic E-state index is 12.6. The Morgan fingerprint density at radius 3 is 2.81 bits per heavy atom. The maximum Gasteiger partial charge on any atom is 0.227 e. The van der Waals surface area contributed by atoms with Gasteiger partial charge in [0.15, 0.2) is 0 Å². The number of ether oxygens (including phenoxy) is 1. The van der Waals surface area contributed by atoms with Gasteiger partial charge in [-0.25, -0.2) is 4.98 Å². The molecule has 0 spiro atoms. The number of amides is 1. The van der Waals surface area contributed by atoms with Crippen molar-refractivity contribution in [2.75, 3.05) is 13.1 Å². The molecule has 0 atom stereocenters. The zero-order valence-corrected chi connectivity index (χ0v) is 14.8. The van der Waals surface area contributed by atoms with Crippen molar-refractivity contribution in [1.29, 1.82) is 0 Å². The third-order valence-electron chi connectivity index (χ3n) is 5.08. The molecule has 3 heterocycles. The van der Waals surface area contributed by atoms with Gasteiger partial charge in [-0.15, -0.1) is 0 Å². The van der Waals surface area contributed by atoms with E-state index >= 15 is 0 Å². The van der Waals surface area contributed by atoms with Gasteiger partial charge in [-0.05, 0) is 23.8 Å². The van der Waals surface area contributed by atoms with Gasteiger partial charge in [0.25, 0.3) is 0 Å². The topological polar surface area (TPSA) is 58.2 Å². The van der Waals surface area contributed by atoms with E-state index in [0.29, 0.717) is 25.4 Å². The van der Waals surface area contributed by atoms with Crippen LogP contribution in [-0.4, -0.2) is 40.0 Å². The quantitative estimate of drug-likeness (QED) is 0.608. The summed E-state index contributed by atoms with van der Waals surface area (Å²) in [6.07, 6.45) is 2.34. The van der Waals surface area contributed by atoms with Gasteiger partial charge < -0.3 is 14.6 Å². The minimum absolute atomic E-state index is 0.00517. The van der Waals surface area contributed by atoms with Gasteiger partial charge in [0.2, 0.25) is 11.8 Å². The molecule has 0 unspecified atom stereocenters. The van der Waals surface area contributed by atoms with Crippen molar-refractivity contribution in [2.45, 2.75) is 12.5 Å². The summed E-state index contributed by atoms with van der Waals surface area (Å²) in [6.45, 7) is 1.21. The normalized spacial score (nSPS) is 14.4. The third-order valence-corrected chi connectivity index (χ3v) is 5.08. The van der Waals surface area contributed by atoms with Crippen LogP contribution >= 0.6 is 0 Å². The van der Waals surface area contributed by atoms with Crippen molar-refractivity contribution in [2.24, 2.45) is 0 Å². The van der Waals surface area contributed by atoms with E-state index in [2.05, 4.69) is 9.97 Å². The number of aromatic amines is 1. The van der Waals surface area contributed by atoms with Crippen molar-refractivity contribution in [3.05, 3.63) is 72.4 Å². The highest BCUT2D eigenvalue weighted by Crippen LogP contribution is 2.22. The third kappa shape index (κ3) is 3.01. The Balaban J connectivity index is 1.20. The first-order valence-electron chi connectivity index (χ1n) is 9.11. The van der Waals surface area contributed by atoms with Crippen LogP contribution in [0.1, 0.15) is 5.56 Å². The largest absolute Gasteiger partial charge is 0.471 e. The molecule has 5 nitrogen and oxygen atoms in total. The molecule has 134 valence electrons. The molecule has 1 aliphatic rings. The first-order chi connectivity index (χ1) is 13.3. The molecule has 1 N–H and O–H groups in total. The van der Waals surface area contributed by atoms with Crippen molar-refractivity contribution in [3.8, 4) is 5.88 Å². The van der Waals surface area contributed by atoms with E-state index in [4.69, 9.17) is 4.74 Å². The summed E-state index contributed by atoms with van der Waals surface area (Å²) in [5.41, 5.74) is 3.02. The van der Waals surface area contributed by atoms with E-state index < -0.39 is 0 Å². The monoisotopic (exact) mass is 357 g/mol. The number of nitrogens with zero attached hydrogens (tertiary/aromatic N) is 2. The maximum absolute atomic E-state index is 12.6. The molecule has 2 aromatic carbocycles. The molecule has 0 saturated carbocycles. The lowest BCUT2D eigenvalue weighted by molar-refractivity contribution is -0.139. The zero-order chi connectivity index (χ0) is 18.2. The van der Waals surface area contributed by atoms with E-state index in [9.17, 15) is 4.79 Å². The van der Waals surface area contributed by atoms with Crippen molar-refractivity contribution < 1.29 is 9.53 Å². The molecule has 1 aliphatic heterocycles. The molecule has 0 aliphatic carbocycles. The van der Waals surface area contributed by atoms with Crippen molar-refractivity contribution >= 4 is 27.7 Å². The number of hydrogen-bond acceptors (Lipinski definition) is 3. The molecular weight excluding hydrogens is 338 g/mol. The van der Waals surface area contributed by atoms with Gasteiger partial charge in [-0.3, -0.25) is 4.79 Å². The summed E-state index contributed by atoms with van der Waals surface area (Å²) in [5, 5.41) is 2.20.